The minimum atomic E-state index is -1.26. The predicted molar refractivity (Wildman–Crippen MR) is 49.2 cm³/mol. The number of hydrogen-bond donors (Lipinski definition) is 2. The number of aryl methyl sites for hydroxylation is 1. The van der Waals surface area contributed by atoms with Crippen LogP contribution < -0.4 is 0 Å². The largest absolute Gasteiger partial charge is 0.504 e. The Morgan fingerprint density at radius 1 is 1.53 bits per heavy atom. The number of carbonyl (C=O) groups is 1. The first-order chi connectivity index (χ1) is 7.09. The fourth-order valence-electron chi connectivity index (χ4n) is 1.24. The molecule has 0 aliphatic carbocycles. The van der Waals surface area contributed by atoms with Crippen molar-refractivity contribution in [2.45, 2.75) is 6.92 Å². The fourth-order valence-corrected chi connectivity index (χ4v) is 1.24. The topological polar surface area (TPSA) is 88.5 Å². The Morgan fingerprint density at radius 2 is 2.27 bits per heavy atom. The third-order valence-electron chi connectivity index (χ3n) is 1.89. The van der Waals surface area contributed by atoms with Crippen LogP contribution in [0.1, 0.15) is 16.2 Å². The van der Waals surface area contributed by atoms with Gasteiger partial charge in [0.1, 0.15) is 5.76 Å². The van der Waals surface area contributed by atoms with E-state index in [1.807, 2.05) is 0 Å². The molecule has 2 aromatic rings. The summed E-state index contributed by atoms with van der Waals surface area (Å²) in [6.07, 6.45) is 1.06. The van der Waals surface area contributed by atoms with E-state index < -0.39 is 11.7 Å². The molecule has 6 nitrogen and oxygen atoms in total. The van der Waals surface area contributed by atoms with Gasteiger partial charge in [-0.05, 0) is 13.0 Å². The van der Waals surface area contributed by atoms with Crippen molar-refractivity contribution in [3.63, 3.8) is 0 Å². The Labute approximate surface area is 84.4 Å². The van der Waals surface area contributed by atoms with E-state index in [0.29, 0.717) is 5.76 Å². The molecule has 0 unspecified atom stereocenters. The predicted octanol–water partition coefficient (Wildman–Crippen LogP) is 1.18. The first kappa shape index (κ1) is 9.32. The van der Waals surface area contributed by atoms with Gasteiger partial charge >= 0.3 is 5.97 Å². The Kier molecular flexibility index (Phi) is 1.96. The molecule has 0 amide bonds. The Balaban J connectivity index is 2.58. The molecule has 78 valence electrons. The second-order valence-electron chi connectivity index (χ2n) is 2.98. The van der Waals surface area contributed by atoms with Crippen molar-refractivity contribution >= 4 is 5.97 Å². The molecule has 0 saturated heterocycles. The molecule has 0 saturated carbocycles. The Bertz CT molecular complexity index is 512. The van der Waals surface area contributed by atoms with Crippen molar-refractivity contribution in [3.05, 3.63) is 29.8 Å². The third-order valence-corrected chi connectivity index (χ3v) is 1.89. The highest BCUT2D eigenvalue weighted by Gasteiger charge is 2.19. The number of furan rings is 1. The Morgan fingerprint density at radius 3 is 2.80 bits per heavy atom. The lowest BCUT2D eigenvalue weighted by Gasteiger charge is -1.99. The molecule has 2 aromatic heterocycles. The molecule has 0 bridgehead atoms. The van der Waals surface area contributed by atoms with Crippen LogP contribution in [0.3, 0.4) is 0 Å². The monoisotopic (exact) mass is 208 g/mol. The molecule has 0 aliphatic heterocycles. The maximum atomic E-state index is 10.8. The normalized spacial score (nSPS) is 10.5. The minimum absolute atomic E-state index is 0.255. The van der Waals surface area contributed by atoms with Crippen LogP contribution in [0.4, 0.5) is 0 Å². The molecular weight excluding hydrogens is 200 g/mol. The lowest BCUT2D eigenvalue weighted by Crippen LogP contribution is -2.07. The van der Waals surface area contributed by atoms with Gasteiger partial charge in [-0.25, -0.2) is 4.79 Å². The zero-order valence-electron chi connectivity index (χ0n) is 7.84. The molecule has 0 aromatic carbocycles. The van der Waals surface area contributed by atoms with Gasteiger partial charge in [0.25, 0.3) is 0 Å². The van der Waals surface area contributed by atoms with Crippen LogP contribution in [0.5, 0.6) is 5.75 Å². The van der Waals surface area contributed by atoms with Crippen LogP contribution in [-0.4, -0.2) is 26.0 Å². The van der Waals surface area contributed by atoms with E-state index in [2.05, 4.69) is 5.10 Å². The summed E-state index contributed by atoms with van der Waals surface area (Å²) < 4.78 is 6.23. The molecule has 0 fully saturated rings. The molecule has 2 N–H and O–H groups in total. The van der Waals surface area contributed by atoms with E-state index in [0.717, 1.165) is 10.9 Å². The smallest absolute Gasteiger partial charge is 0.358 e. The summed E-state index contributed by atoms with van der Waals surface area (Å²) in [4.78, 5) is 10.8. The van der Waals surface area contributed by atoms with Gasteiger partial charge in [0.2, 0.25) is 5.88 Å². The molecule has 0 spiro atoms. The van der Waals surface area contributed by atoms with Crippen LogP contribution in [0.15, 0.2) is 22.7 Å². The summed E-state index contributed by atoms with van der Waals surface area (Å²) in [5, 5.41) is 21.8. The van der Waals surface area contributed by atoms with Gasteiger partial charge in [0.15, 0.2) is 11.4 Å². The van der Waals surface area contributed by atoms with Gasteiger partial charge in [-0.1, -0.05) is 0 Å². The molecular formula is C9H8N2O4. The van der Waals surface area contributed by atoms with E-state index in [-0.39, 0.29) is 11.6 Å². The molecule has 2 heterocycles. The first-order valence-electron chi connectivity index (χ1n) is 4.16. The lowest BCUT2D eigenvalue weighted by molar-refractivity contribution is 0.0682. The summed E-state index contributed by atoms with van der Waals surface area (Å²) in [7, 11) is 0. The van der Waals surface area contributed by atoms with Gasteiger partial charge in [-0.2, -0.15) is 9.78 Å². The van der Waals surface area contributed by atoms with E-state index in [4.69, 9.17) is 9.52 Å². The van der Waals surface area contributed by atoms with Crippen molar-refractivity contribution in [1.82, 2.24) is 9.78 Å². The summed E-state index contributed by atoms with van der Waals surface area (Å²) in [6, 6.07) is 3.26. The SMILES string of the molecule is Cc1ccc(-n2ncc(O)c2C(=O)O)o1. The number of hydrogen-bond acceptors (Lipinski definition) is 4. The van der Waals surface area contributed by atoms with Crippen molar-refractivity contribution in [1.29, 1.82) is 0 Å². The summed E-state index contributed by atoms with van der Waals surface area (Å²) in [6.45, 7) is 1.73. The zero-order valence-corrected chi connectivity index (χ0v) is 7.84. The highest BCUT2D eigenvalue weighted by Crippen LogP contribution is 2.21. The lowest BCUT2D eigenvalue weighted by atomic mass is 10.4. The number of rotatable bonds is 2. The van der Waals surface area contributed by atoms with Gasteiger partial charge in [-0.3, -0.25) is 0 Å². The zero-order chi connectivity index (χ0) is 11.0. The molecule has 0 radical (unpaired) electrons. The summed E-state index contributed by atoms with van der Waals surface area (Å²) >= 11 is 0. The maximum Gasteiger partial charge on any atom is 0.358 e. The van der Waals surface area contributed by atoms with E-state index >= 15 is 0 Å². The summed E-state index contributed by atoms with van der Waals surface area (Å²) in [5.41, 5.74) is -0.315. The maximum absolute atomic E-state index is 10.8. The van der Waals surface area contributed by atoms with Crippen molar-refractivity contribution in [2.75, 3.05) is 0 Å². The van der Waals surface area contributed by atoms with Gasteiger partial charge in [0.05, 0.1) is 6.20 Å². The van der Waals surface area contributed by atoms with Gasteiger partial charge in [0, 0.05) is 6.07 Å². The first-order valence-corrected chi connectivity index (χ1v) is 4.16. The van der Waals surface area contributed by atoms with Crippen molar-refractivity contribution in [3.8, 4) is 11.6 Å². The van der Waals surface area contributed by atoms with Crippen molar-refractivity contribution < 1.29 is 19.4 Å². The quantitative estimate of drug-likeness (QED) is 0.773. The number of aromatic nitrogens is 2. The number of nitrogens with zero attached hydrogens (tertiary/aromatic N) is 2. The minimum Gasteiger partial charge on any atom is -0.504 e. The highest BCUT2D eigenvalue weighted by molar-refractivity contribution is 5.89. The van der Waals surface area contributed by atoms with Gasteiger partial charge < -0.3 is 14.6 Å². The molecule has 2 rings (SSSR count). The van der Waals surface area contributed by atoms with Crippen LogP contribution in [0, 0.1) is 6.92 Å². The molecule has 15 heavy (non-hydrogen) atoms. The number of carboxylic acids is 1. The molecule has 6 heteroatoms. The fraction of sp³-hybridized carbons (Fsp3) is 0.111. The second kappa shape index (κ2) is 3.16. The number of aromatic hydroxyl groups is 1. The van der Waals surface area contributed by atoms with Crippen LogP contribution in [-0.2, 0) is 0 Å². The molecule has 0 atom stereocenters. The third kappa shape index (κ3) is 1.45. The highest BCUT2D eigenvalue weighted by atomic mass is 16.4. The molecule has 0 aliphatic rings. The standard InChI is InChI=1S/C9H8N2O4/c1-5-2-3-7(15-5)11-8(9(13)14)6(12)4-10-11/h2-4,12H,1H3,(H,13,14). The van der Waals surface area contributed by atoms with E-state index in [1.54, 1.807) is 19.1 Å². The average molecular weight is 208 g/mol. The number of carboxylic acid groups (broad SMARTS) is 1. The summed E-state index contributed by atoms with van der Waals surface area (Å²) in [5.74, 6) is -0.767. The van der Waals surface area contributed by atoms with E-state index in [9.17, 15) is 9.90 Å². The van der Waals surface area contributed by atoms with Crippen LogP contribution in [0.25, 0.3) is 5.88 Å². The Hall–Kier alpha value is -2.24. The van der Waals surface area contributed by atoms with Gasteiger partial charge in [-0.15, -0.1) is 0 Å². The average Bonchev–Trinajstić information content (AvgIpc) is 2.71. The van der Waals surface area contributed by atoms with E-state index in [1.165, 1.54) is 0 Å². The van der Waals surface area contributed by atoms with Crippen LogP contribution >= 0.6 is 0 Å². The second-order valence-corrected chi connectivity index (χ2v) is 2.98. The number of aromatic carboxylic acids is 1. The van der Waals surface area contributed by atoms with Crippen LogP contribution in [0.2, 0.25) is 0 Å². The van der Waals surface area contributed by atoms with Crippen molar-refractivity contribution in [2.24, 2.45) is 0 Å².